The van der Waals surface area contributed by atoms with Crippen molar-refractivity contribution in [1.82, 2.24) is 5.32 Å². The van der Waals surface area contributed by atoms with Crippen molar-refractivity contribution in [3.63, 3.8) is 0 Å². The molecule has 0 aliphatic carbocycles. The zero-order valence-electron chi connectivity index (χ0n) is 15.6. The third kappa shape index (κ3) is 6.04. The number of amides is 1. The predicted octanol–water partition coefficient (Wildman–Crippen LogP) is 2.71. The maximum absolute atomic E-state index is 12.3. The van der Waals surface area contributed by atoms with E-state index in [0.717, 1.165) is 16.7 Å². The Morgan fingerprint density at radius 1 is 0.828 bits per heavy atom. The summed E-state index contributed by atoms with van der Waals surface area (Å²) in [4.78, 5) is 12.3. The standard InChI is InChI=1S/C23H20N2O3S/c24-29(27,28)22-14-10-20(11-15-22)16-17-25-23(26)21-12-8-19(9-13-21)7-6-18-4-2-1-3-5-18/h1-5,8-15H,16-17H2,(H,25,26)(H2,24,27,28). The number of hydrogen-bond acceptors (Lipinski definition) is 3. The van der Waals surface area contributed by atoms with Gasteiger partial charge in [-0.05, 0) is 60.5 Å². The zero-order chi connectivity index (χ0) is 20.7. The summed E-state index contributed by atoms with van der Waals surface area (Å²) >= 11 is 0. The Hall–Kier alpha value is -3.40. The molecule has 29 heavy (non-hydrogen) atoms. The van der Waals surface area contributed by atoms with Crippen LogP contribution in [0.4, 0.5) is 0 Å². The average Bonchev–Trinajstić information content (AvgIpc) is 2.73. The van der Waals surface area contributed by atoms with Crippen molar-refractivity contribution < 1.29 is 13.2 Å². The van der Waals surface area contributed by atoms with Crippen LogP contribution in [0, 0.1) is 11.8 Å². The van der Waals surface area contributed by atoms with Crippen molar-refractivity contribution in [2.75, 3.05) is 6.54 Å². The molecular weight excluding hydrogens is 384 g/mol. The van der Waals surface area contributed by atoms with Gasteiger partial charge in [-0.1, -0.05) is 42.2 Å². The maximum atomic E-state index is 12.3. The molecule has 0 bridgehead atoms. The maximum Gasteiger partial charge on any atom is 0.251 e. The molecule has 0 heterocycles. The van der Waals surface area contributed by atoms with Crippen molar-refractivity contribution in [3.05, 3.63) is 101 Å². The van der Waals surface area contributed by atoms with Gasteiger partial charge in [-0.25, -0.2) is 13.6 Å². The Bertz CT molecular complexity index is 1140. The highest BCUT2D eigenvalue weighted by molar-refractivity contribution is 7.89. The van der Waals surface area contributed by atoms with Crippen LogP contribution in [0.2, 0.25) is 0 Å². The quantitative estimate of drug-likeness (QED) is 0.641. The van der Waals surface area contributed by atoms with E-state index in [4.69, 9.17) is 5.14 Å². The van der Waals surface area contributed by atoms with Crippen LogP contribution in [0.5, 0.6) is 0 Å². The van der Waals surface area contributed by atoms with E-state index >= 15 is 0 Å². The lowest BCUT2D eigenvalue weighted by Gasteiger charge is -2.06. The Balaban J connectivity index is 1.53. The molecule has 0 radical (unpaired) electrons. The van der Waals surface area contributed by atoms with Gasteiger partial charge >= 0.3 is 0 Å². The molecule has 0 aliphatic rings. The van der Waals surface area contributed by atoms with Gasteiger partial charge in [-0.2, -0.15) is 0 Å². The van der Waals surface area contributed by atoms with E-state index in [-0.39, 0.29) is 10.8 Å². The molecule has 3 aromatic carbocycles. The minimum Gasteiger partial charge on any atom is -0.352 e. The monoisotopic (exact) mass is 404 g/mol. The molecule has 0 aliphatic heterocycles. The second-order valence-corrected chi connectivity index (χ2v) is 7.95. The third-order valence-corrected chi connectivity index (χ3v) is 5.15. The molecule has 3 rings (SSSR count). The Kier molecular flexibility index (Phi) is 6.45. The summed E-state index contributed by atoms with van der Waals surface area (Å²) in [5, 5.41) is 7.93. The highest BCUT2D eigenvalue weighted by atomic mass is 32.2. The van der Waals surface area contributed by atoms with Crippen LogP contribution < -0.4 is 10.5 Å². The first-order valence-electron chi connectivity index (χ1n) is 8.99. The molecule has 5 nitrogen and oxygen atoms in total. The summed E-state index contributed by atoms with van der Waals surface area (Å²) < 4.78 is 22.5. The molecule has 0 saturated heterocycles. The van der Waals surface area contributed by atoms with Crippen LogP contribution in [-0.4, -0.2) is 20.9 Å². The highest BCUT2D eigenvalue weighted by Gasteiger charge is 2.07. The molecule has 1 amide bonds. The minimum atomic E-state index is -3.69. The van der Waals surface area contributed by atoms with Gasteiger partial charge in [0.15, 0.2) is 0 Å². The summed E-state index contributed by atoms with van der Waals surface area (Å²) in [6, 6.07) is 23.1. The van der Waals surface area contributed by atoms with E-state index in [0.29, 0.717) is 18.5 Å². The smallest absolute Gasteiger partial charge is 0.251 e. The zero-order valence-corrected chi connectivity index (χ0v) is 16.4. The normalized spacial score (nSPS) is 10.7. The lowest BCUT2D eigenvalue weighted by Crippen LogP contribution is -2.25. The summed E-state index contributed by atoms with van der Waals surface area (Å²) in [6.07, 6.45) is 0.581. The Morgan fingerprint density at radius 2 is 1.41 bits per heavy atom. The first-order chi connectivity index (χ1) is 13.9. The largest absolute Gasteiger partial charge is 0.352 e. The summed E-state index contributed by atoms with van der Waals surface area (Å²) in [6.45, 7) is 0.434. The summed E-state index contributed by atoms with van der Waals surface area (Å²) in [7, 11) is -3.69. The number of hydrogen-bond donors (Lipinski definition) is 2. The molecule has 0 fully saturated rings. The molecule has 0 saturated carbocycles. The molecule has 0 unspecified atom stereocenters. The Labute approximate surface area is 170 Å². The number of benzene rings is 3. The first-order valence-corrected chi connectivity index (χ1v) is 10.5. The van der Waals surface area contributed by atoms with Crippen molar-refractivity contribution in [2.45, 2.75) is 11.3 Å². The Morgan fingerprint density at radius 3 is 2.00 bits per heavy atom. The lowest BCUT2D eigenvalue weighted by molar-refractivity contribution is 0.0954. The van der Waals surface area contributed by atoms with E-state index in [2.05, 4.69) is 17.2 Å². The van der Waals surface area contributed by atoms with Gasteiger partial charge in [-0.3, -0.25) is 4.79 Å². The first kappa shape index (κ1) is 20.3. The van der Waals surface area contributed by atoms with Gasteiger partial charge in [0, 0.05) is 23.2 Å². The number of sulfonamides is 1. The molecule has 3 aromatic rings. The second-order valence-electron chi connectivity index (χ2n) is 6.39. The van der Waals surface area contributed by atoms with Crippen molar-refractivity contribution >= 4 is 15.9 Å². The fraction of sp³-hybridized carbons (Fsp3) is 0.0870. The van der Waals surface area contributed by atoms with Crippen molar-refractivity contribution in [3.8, 4) is 11.8 Å². The van der Waals surface area contributed by atoms with Crippen molar-refractivity contribution in [2.24, 2.45) is 5.14 Å². The van der Waals surface area contributed by atoms with Gasteiger partial charge in [-0.15, -0.1) is 0 Å². The highest BCUT2D eigenvalue weighted by Crippen LogP contribution is 2.09. The predicted molar refractivity (Wildman–Crippen MR) is 113 cm³/mol. The van der Waals surface area contributed by atoms with Crippen LogP contribution in [0.15, 0.2) is 83.8 Å². The fourth-order valence-electron chi connectivity index (χ4n) is 2.64. The number of nitrogens with two attached hydrogens (primary N) is 1. The molecule has 0 spiro atoms. The number of carbonyl (C=O) groups excluding carboxylic acids is 1. The number of carbonyl (C=O) groups is 1. The third-order valence-electron chi connectivity index (χ3n) is 4.22. The molecule has 6 heteroatoms. The summed E-state index contributed by atoms with van der Waals surface area (Å²) in [5.41, 5.74) is 3.23. The molecule has 3 N–H and O–H groups in total. The van der Waals surface area contributed by atoms with Crippen molar-refractivity contribution in [1.29, 1.82) is 0 Å². The average molecular weight is 404 g/mol. The van der Waals surface area contributed by atoms with E-state index in [1.54, 1.807) is 24.3 Å². The van der Waals surface area contributed by atoms with Gasteiger partial charge in [0.1, 0.15) is 0 Å². The van der Waals surface area contributed by atoms with E-state index < -0.39 is 10.0 Å². The van der Waals surface area contributed by atoms with Gasteiger partial charge in [0.25, 0.3) is 5.91 Å². The number of rotatable bonds is 5. The second kappa shape index (κ2) is 9.20. The fourth-order valence-corrected chi connectivity index (χ4v) is 3.15. The van der Waals surface area contributed by atoms with Gasteiger partial charge in [0.2, 0.25) is 10.0 Å². The van der Waals surface area contributed by atoms with Crippen LogP contribution >= 0.6 is 0 Å². The van der Waals surface area contributed by atoms with Crippen LogP contribution in [-0.2, 0) is 16.4 Å². The molecule has 0 atom stereocenters. The van der Waals surface area contributed by atoms with Gasteiger partial charge in [0.05, 0.1) is 4.90 Å². The van der Waals surface area contributed by atoms with Gasteiger partial charge < -0.3 is 5.32 Å². The van der Waals surface area contributed by atoms with Crippen LogP contribution in [0.1, 0.15) is 27.0 Å². The number of primary sulfonamides is 1. The molecule has 0 aromatic heterocycles. The van der Waals surface area contributed by atoms with Crippen LogP contribution in [0.3, 0.4) is 0 Å². The number of nitrogens with one attached hydrogen (secondary N) is 1. The topological polar surface area (TPSA) is 89.3 Å². The van der Waals surface area contributed by atoms with E-state index in [1.807, 2.05) is 42.5 Å². The lowest BCUT2D eigenvalue weighted by atomic mass is 10.1. The van der Waals surface area contributed by atoms with E-state index in [1.165, 1.54) is 12.1 Å². The molecular formula is C23H20N2O3S. The summed E-state index contributed by atoms with van der Waals surface area (Å²) in [5.74, 6) is 5.98. The SMILES string of the molecule is NS(=O)(=O)c1ccc(CCNC(=O)c2ccc(C#Cc3ccccc3)cc2)cc1. The van der Waals surface area contributed by atoms with Crippen LogP contribution in [0.25, 0.3) is 0 Å². The van der Waals surface area contributed by atoms with E-state index in [9.17, 15) is 13.2 Å². The minimum absolute atomic E-state index is 0.0701. The molecule has 146 valence electrons.